The van der Waals surface area contributed by atoms with Crippen molar-refractivity contribution in [1.82, 2.24) is 20.1 Å². The second-order valence-electron chi connectivity index (χ2n) is 7.74. The van der Waals surface area contributed by atoms with E-state index in [1.165, 1.54) is 30.1 Å². The second kappa shape index (κ2) is 8.17. The first-order valence-electron chi connectivity index (χ1n) is 9.90. The number of benzene rings is 1. The summed E-state index contributed by atoms with van der Waals surface area (Å²) in [6.45, 7) is 5.50. The van der Waals surface area contributed by atoms with Crippen molar-refractivity contribution in [2.75, 3.05) is 19.6 Å². The minimum absolute atomic E-state index is 0.210. The maximum Gasteiger partial charge on any atom is 0.153 e. The lowest BCUT2D eigenvalue weighted by molar-refractivity contribution is 0.225. The Morgan fingerprint density at radius 1 is 1.26 bits per heavy atom. The number of allylic oxidation sites excluding steroid dienone is 2. The maximum absolute atomic E-state index is 13.3. The zero-order valence-corrected chi connectivity index (χ0v) is 15.9. The standard InChI is InChI=1S/C22H27FN4/c1-16-5-2-3-7-19(16)15-27-11-9-18(10-12-27)22-24-21(25-26-22)14-17-6-4-8-20(23)13-17/h3-4,6-8,13,18H,2,5,9-12,14-15H2,1H3,(H,24,25,26). The molecule has 1 fully saturated rings. The molecule has 2 aliphatic rings. The van der Waals surface area contributed by atoms with Crippen molar-refractivity contribution in [1.29, 1.82) is 0 Å². The topological polar surface area (TPSA) is 44.8 Å². The second-order valence-corrected chi connectivity index (χ2v) is 7.74. The van der Waals surface area contributed by atoms with Gasteiger partial charge in [0.05, 0.1) is 0 Å². The number of piperidine rings is 1. The van der Waals surface area contributed by atoms with Gasteiger partial charge in [-0.15, -0.1) is 0 Å². The van der Waals surface area contributed by atoms with Crippen LogP contribution in [0.25, 0.3) is 0 Å². The highest BCUT2D eigenvalue weighted by molar-refractivity contribution is 5.29. The van der Waals surface area contributed by atoms with Crippen molar-refractivity contribution in [3.8, 4) is 0 Å². The fraction of sp³-hybridized carbons (Fsp3) is 0.455. The van der Waals surface area contributed by atoms with Crippen molar-refractivity contribution < 1.29 is 4.39 Å². The number of hydrogen-bond acceptors (Lipinski definition) is 3. The summed E-state index contributed by atoms with van der Waals surface area (Å²) in [5, 5.41) is 7.48. The Morgan fingerprint density at radius 3 is 2.89 bits per heavy atom. The van der Waals surface area contributed by atoms with Gasteiger partial charge in [0, 0.05) is 18.9 Å². The Morgan fingerprint density at radius 2 is 2.11 bits per heavy atom. The number of rotatable bonds is 5. The summed E-state index contributed by atoms with van der Waals surface area (Å²) in [4.78, 5) is 7.23. The van der Waals surface area contributed by atoms with E-state index in [4.69, 9.17) is 0 Å². The number of H-pyrrole nitrogens is 1. The van der Waals surface area contributed by atoms with Crippen LogP contribution in [0.4, 0.5) is 4.39 Å². The summed E-state index contributed by atoms with van der Waals surface area (Å²) in [5.74, 6) is 1.92. The van der Waals surface area contributed by atoms with E-state index in [-0.39, 0.29) is 5.82 Å². The van der Waals surface area contributed by atoms with Crippen LogP contribution in [0.2, 0.25) is 0 Å². The van der Waals surface area contributed by atoms with Gasteiger partial charge in [0.1, 0.15) is 11.6 Å². The third kappa shape index (κ3) is 4.53. The van der Waals surface area contributed by atoms with E-state index in [2.05, 4.69) is 39.2 Å². The minimum Gasteiger partial charge on any atom is -0.299 e. The Labute approximate surface area is 160 Å². The van der Waals surface area contributed by atoms with Crippen molar-refractivity contribution in [3.05, 3.63) is 70.6 Å². The zero-order chi connectivity index (χ0) is 18.6. The zero-order valence-electron chi connectivity index (χ0n) is 15.9. The van der Waals surface area contributed by atoms with Gasteiger partial charge in [0.2, 0.25) is 0 Å². The Balaban J connectivity index is 1.32. The number of likely N-dealkylation sites (tertiary alicyclic amines) is 1. The van der Waals surface area contributed by atoms with Crippen molar-refractivity contribution in [2.24, 2.45) is 0 Å². The largest absolute Gasteiger partial charge is 0.299 e. The molecule has 1 aromatic heterocycles. The Kier molecular flexibility index (Phi) is 5.48. The first kappa shape index (κ1) is 18.1. The van der Waals surface area contributed by atoms with Crippen LogP contribution in [-0.4, -0.2) is 39.7 Å². The third-order valence-electron chi connectivity index (χ3n) is 5.71. The van der Waals surface area contributed by atoms with E-state index < -0.39 is 0 Å². The SMILES string of the molecule is CC1=C(CN2CCC(c3n[nH]c(Cc4cccc(F)c4)n3)CC2)C=CCC1. The van der Waals surface area contributed by atoms with Crippen LogP contribution >= 0.6 is 0 Å². The van der Waals surface area contributed by atoms with E-state index in [0.717, 1.165) is 49.7 Å². The summed E-state index contributed by atoms with van der Waals surface area (Å²) in [7, 11) is 0. The normalized spacial score (nSPS) is 19.0. The number of aromatic nitrogens is 3. The molecule has 1 N–H and O–H groups in total. The summed E-state index contributed by atoms with van der Waals surface area (Å²) < 4.78 is 13.3. The van der Waals surface area contributed by atoms with Gasteiger partial charge in [-0.25, -0.2) is 9.37 Å². The lowest BCUT2D eigenvalue weighted by Gasteiger charge is -2.31. The maximum atomic E-state index is 13.3. The molecule has 4 rings (SSSR count). The van der Waals surface area contributed by atoms with Crippen LogP contribution < -0.4 is 0 Å². The molecule has 0 saturated carbocycles. The van der Waals surface area contributed by atoms with E-state index in [9.17, 15) is 4.39 Å². The van der Waals surface area contributed by atoms with Crippen LogP contribution in [0, 0.1) is 5.82 Å². The lowest BCUT2D eigenvalue weighted by atomic mass is 9.94. The molecular formula is C22H27FN4. The molecule has 5 heteroatoms. The predicted molar refractivity (Wildman–Crippen MR) is 105 cm³/mol. The molecular weight excluding hydrogens is 339 g/mol. The average Bonchev–Trinajstić information content (AvgIpc) is 3.13. The quantitative estimate of drug-likeness (QED) is 0.854. The molecule has 1 aromatic carbocycles. The molecule has 0 amide bonds. The highest BCUT2D eigenvalue weighted by Gasteiger charge is 2.24. The molecule has 0 bridgehead atoms. The minimum atomic E-state index is -0.210. The van der Waals surface area contributed by atoms with Crippen molar-refractivity contribution in [2.45, 2.75) is 44.9 Å². The molecule has 0 radical (unpaired) electrons. The Bertz CT molecular complexity index is 844. The van der Waals surface area contributed by atoms with Gasteiger partial charge in [-0.2, -0.15) is 5.10 Å². The van der Waals surface area contributed by atoms with Crippen molar-refractivity contribution in [3.63, 3.8) is 0 Å². The molecule has 142 valence electrons. The molecule has 27 heavy (non-hydrogen) atoms. The van der Waals surface area contributed by atoms with Crippen LogP contribution in [0.3, 0.4) is 0 Å². The van der Waals surface area contributed by atoms with Gasteiger partial charge >= 0.3 is 0 Å². The summed E-state index contributed by atoms with van der Waals surface area (Å²) in [6, 6.07) is 6.66. The smallest absolute Gasteiger partial charge is 0.153 e. The summed E-state index contributed by atoms with van der Waals surface area (Å²) in [6.07, 6.45) is 9.75. The number of nitrogens with one attached hydrogen (secondary N) is 1. The van der Waals surface area contributed by atoms with Gasteiger partial charge in [0.25, 0.3) is 0 Å². The fourth-order valence-electron chi connectivity index (χ4n) is 4.02. The lowest BCUT2D eigenvalue weighted by Crippen LogP contribution is -2.34. The summed E-state index contributed by atoms with van der Waals surface area (Å²) in [5.41, 5.74) is 3.95. The number of hydrogen-bond donors (Lipinski definition) is 1. The third-order valence-corrected chi connectivity index (χ3v) is 5.71. The highest BCUT2D eigenvalue weighted by Crippen LogP contribution is 2.27. The average molecular weight is 366 g/mol. The number of aromatic amines is 1. The fourth-order valence-corrected chi connectivity index (χ4v) is 4.02. The van der Waals surface area contributed by atoms with Gasteiger partial charge in [0.15, 0.2) is 5.82 Å². The molecule has 0 spiro atoms. The van der Waals surface area contributed by atoms with Gasteiger partial charge in [-0.3, -0.25) is 10.00 Å². The van der Waals surface area contributed by atoms with Gasteiger partial charge in [-0.05, 0) is 69.0 Å². The highest BCUT2D eigenvalue weighted by atomic mass is 19.1. The Hall–Kier alpha value is -2.27. The van der Waals surface area contributed by atoms with Crippen LogP contribution in [-0.2, 0) is 6.42 Å². The molecule has 1 aliphatic heterocycles. The molecule has 1 saturated heterocycles. The monoisotopic (exact) mass is 366 g/mol. The van der Waals surface area contributed by atoms with E-state index in [0.29, 0.717) is 12.3 Å². The van der Waals surface area contributed by atoms with E-state index in [1.54, 1.807) is 12.1 Å². The van der Waals surface area contributed by atoms with Gasteiger partial charge in [-0.1, -0.05) is 29.9 Å². The first-order valence-corrected chi connectivity index (χ1v) is 9.90. The molecule has 1 aliphatic carbocycles. The summed E-state index contributed by atoms with van der Waals surface area (Å²) >= 11 is 0. The predicted octanol–water partition coefficient (Wildman–Crippen LogP) is 4.38. The van der Waals surface area contributed by atoms with Gasteiger partial charge < -0.3 is 0 Å². The number of nitrogens with zero attached hydrogens (tertiary/aromatic N) is 3. The van der Waals surface area contributed by atoms with Crippen LogP contribution in [0.15, 0.2) is 47.6 Å². The van der Waals surface area contributed by atoms with Crippen molar-refractivity contribution >= 4 is 0 Å². The molecule has 0 atom stereocenters. The first-order chi connectivity index (χ1) is 13.2. The van der Waals surface area contributed by atoms with E-state index >= 15 is 0 Å². The van der Waals surface area contributed by atoms with Crippen LogP contribution in [0.5, 0.6) is 0 Å². The van der Waals surface area contributed by atoms with E-state index in [1.807, 2.05) is 6.07 Å². The molecule has 2 heterocycles. The molecule has 4 nitrogen and oxygen atoms in total. The van der Waals surface area contributed by atoms with Crippen LogP contribution in [0.1, 0.15) is 55.7 Å². The molecule has 2 aromatic rings. The molecule has 0 unspecified atom stereocenters. The number of halogens is 1.